The minimum absolute atomic E-state index is 0.0787. The van der Waals surface area contributed by atoms with E-state index in [4.69, 9.17) is 5.11 Å². The molecule has 0 spiro atoms. The van der Waals surface area contributed by atoms with Crippen molar-refractivity contribution >= 4 is 17.7 Å². The lowest BCUT2D eigenvalue weighted by molar-refractivity contribution is -0.140. The summed E-state index contributed by atoms with van der Waals surface area (Å²) in [6.45, 7) is 2.08. The van der Waals surface area contributed by atoms with Crippen molar-refractivity contribution in [2.45, 2.75) is 18.6 Å². The van der Waals surface area contributed by atoms with Crippen LogP contribution in [0.4, 0.5) is 0 Å². The van der Waals surface area contributed by atoms with E-state index in [1.54, 1.807) is 11.8 Å². The van der Waals surface area contributed by atoms with E-state index in [1.807, 2.05) is 0 Å². The van der Waals surface area contributed by atoms with Crippen molar-refractivity contribution in [1.82, 2.24) is 0 Å². The second-order valence-electron chi connectivity index (χ2n) is 2.41. The topological polar surface area (TPSA) is 37.3 Å². The second-order valence-corrected chi connectivity index (χ2v) is 3.89. The molecule has 1 heterocycles. The van der Waals surface area contributed by atoms with E-state index in [0.29, 0.717) is 5.25 Å². The Labute approximate surface area is 58.6 Å². The number of rotatable bonds is 1. The first-order valence-electron chi connectivity index (χ1n) is 3.04. The van der Waals surface area contributed by atoms with Crippen LogP contribution in [0.3, 0.4) is 0 Å². The van der Waals surface area contributed by atoms with Gasteiger partial charge < -0.3 is 5.11 Å². The van der Waals surface area contributed by atoms with E-state index in [-0.39, 0.29) is 5.92 Å². The van der Waals surface area contributed by atoms with E-state index in [1.165, 1.54) is 0 Å². The van der Waals surface area contributed by atoms with Crippen molar-refractivity contribution in [2.24, 2.45) is 5.92 Å². The minimum atomic E-state index is -0.633. The number of carboxylic acids is 1. The fourth-order valence-corrected chi connectivity index (χ4v) is 2.20. The van der Waals surface area contributed by atoms with Crippen molar-refractivity contribution in [3.05, 3.63) is 0 Å². The van der Waals surface area contributed by atoms with Crippen LogP contribution in [0.15, 0.2) is 0 Å². The number of hydrogen-bond donors (Lipinski definition) is 1. The summed E-state index contributed by atoms with van der Waals surface area (Å²) in [5.74, 6) is 0.0908. The van der Waals surface area contributed by atoms with Gasteiger partial charge in [-0.05, 0) is 6.42 Å². The number of hydrogen-bond acceptors (Lipinski definition) is 2. The van der Waals surface area contributed by atoms with Crippen LogP contribution in [-0.2, 0) is 4.79 Å². The molecule has 0 aromatic heterocycles. The molecule has 2 unspecified atom stereocenters. The number of thioether (sulfide) groups is 1. The molecule has 1 saturated heterocycles. The summed E-state index contributed by atoms with van der Waals surface area (Å²) in [6.07, 6.45) is 0.847. The molecule has 0 aromatic rings. The van der Waals surface area contributed by atoms with Crippen LogP contribution in [0.2, 0.25) is 0 Å². The van der Waals surface area contributed by atoms with Crippen LogP contribution < -0.4 is 0 Å². The van der Waals surface area contributed by atoms with Gasteiger partial charge in [-0.3, -0.25) is 4.79 Å². The highest BCUT2D eigenvalue weighted by atomic mass is 32.2. The average Bonchev–Trinajstić information content (AvgIpc) is 2.14. The normalized spacial score (nSPS) is 34.8. The van der Waals surface area contributed by atoms with Crippen molar-refractivity contribution in [3.8, 4) is 0 Å². The van der Waals surface area contributed by atoms with Gasteiger partial charge in [0.1, 0.15) is 0 Å². The molecule has 0 radical (unpaired) electrons. The molecule has 0 bridgehead atoms. The average molecular weight is 146 g/mol. The van der Waals surface area contributed by atoms with Crippen LogP contribution in [0.25, 0.3) is 0 Å². The van der Waals surface area contributed by atoms with Crippen molar-refractivity contribution in [2.75, 3.05) is 5.75 Å². The van der Waals surface area contributed by atoms with Crippen LogP contribution in [-0.4, -0.2) is 22.1 Å². The van der Waals surface area contributed by atoms with E-state index in [2.05, 4.69) is 6.92 Å². The molecule has 0 aromatic carbocycles. The maximum Gasteiger partial charge on any atom is 0.307 e. The van der Waals surface area contributed by atoms with Crippen LogP contribution >= 0.6 is 11.8 Å². The van der Waals surface area contributed by atoms with E-state index in [0.717, 1.165) is 12.2 Å². The Hall–Kier alpha value is -0.180. The van der Waals surface area contributed by atoms with Crippen LogP contribution in [0.5, 0.6) is 0 Å². The van der Waals surface area contributed by atoms with Crippen LogP contribution in [0.1, 0.15) is 13.3 Å². The Balaban J connectivity index is 2.39. The monoisotopic (exact) mass is 146 g/mol. The van der Waals surface area contributed by atoms with Crippen molar-refractivity contribution in [3.63, 3.8) is 0 Å². The van der Waals surface area contributed by atoms with Gasteiger partial charge in [0, 0.05) is 11.0 Å². The van der Waals surface area contributed by atoms with Gasteiger partial charge in [-0.25, -0.2) is 0 Å². The third kappa shape index (κ3) is 1.61. The lowest BCUT2D eigenvalue weighted by atomic mass is 10.1. The molecule has 2 atom stereocenters. The van der Waals surface area contributed by atoms with Crippen molar-refractivity contribution < 1.29 is 9.90 Å². The highest BCUT2D eigenvalue weighted by Crippen LogP contribution is 2.30. The first-order chi connectivity index (χ1) is 4.20. The first-order valence-corrected chi connectivity index (χ1v) is 4.09. The largest absolute Gasteiger partial charge is 0.481 e. The van der Waals surface area contributed by atoms with Gasteiger partial charge in [-0.2, -0.15) is 11.8 Å². The summed E-state index contributed by atoms with van der Waals surface area (Å²) in [7, 11) is 0. The van der Waals surface area contributed by atoms with Gasteiger partial charge in [-0.1, -0.05) is 6.92 Å². The Kier molecular flexibility index (Phi) is 2.01. The van der Waals surface area contributed by atoms with Gasteiger partial charge >= 0.3 is 5.97 Å². The molecule has 1 rings (SSSR count). The summed E-state index contributed by atoms with van der Waals surface area (Å²) in [4.78, 5) is 10.3. The maximum absolute atomic E-state index is 10.3. The molecular weight excluding hydrogens is 136 g/mol. The second kappa shape index (κ2) is 2.60. The van der Waals surface area contributed by atoms with Gasteiger partial charge in [-0.15, -0.1) is 0 Å². The lowest BCUT2D eigenvalue weighted by Crippen LogP contribution is -2.12. The van der Waals surface area contributed by atoms with Crippen LogP contribution in [0, 0.1) is 5.92 Å². The van der Waals surface area contributed by atoms with E-state index >= 15 is 0 Å². The molecular formula is C6H10O2S. The molecule has 0 aliphatic carbocycles. The highest BCUT2D eigenvalue weighted by Gasteiger charge is 2.27. The summed E-state index contributed by atoms with van der Waals surface area (Å²) in [6, 6.07) is 0. The first kappa shape index (κ1) is 6.93. The maximum atomic E-state index is 10.3. The van der Waals surface area contributed by atoms with E-state index < -0.39 is 5.97 Å². The third-order valence-corrected chi connectivity index (χ3v) is 2.90. The third-order valence-electron chi connectivity index (χ3n) is 1.55. The van der Waals surface area contributed by atoms with Crippen molar-refractivity contribution in [1.29, 1.82) is 0 Å². The SMILES string of the molecule is CC1CC(C(=O)O)CS1. The zero-order chi connectivity index (χ0) is 6.85. The van der Waals surface area contributed by atoms with E-state index in [9.17, 15) is 4.79 Å². The molecule has 3 heteroatoms. The number of carbonyl (C=O) groups is 1. The lowest BCUT2D eigenvalue weighted by Gasteiger charge is -1.98. The number of aliphatic carboxylic acids is 1. The molecule has 1 fully saturated rings. The Bertz CT molecular complexity index is 124. The summed E-state index contributed by atoms with van der Waals surface area (Å²) in [5, 5.41) is 9.06. The van der Waals surface area contributed by atoms with Gasteiger partial charge in [0.25, 0.3) is 0 Å². The van der Waals surface area contributed by atoms with Gasteiger partial charge in [0.05, 0.1) is 5.92 Å². The smallest absolute Gasteiger partial charge is 0.307 e. The minimum Gasteiger partial charge on any atom is -0.481 e. The summed E-state index contributed by atoms with van der Waals surface area (Å²) < 4.78 is 0. The standard InChI is InChI=1S/C6H10O2S/c1-4-2-5(3-9-4)6(7)8/h4-5H,2-3H2,1H3,(H,7,8). The zero-order valence-electron chi connectivity index (χ0n) is 5.33. The van der Waals surface area contributed by atoms with Gasteiger partial charge in [0.2, 0.25) is 0 Å². The highest BCUT2D eigenvalue weighted by molar-refractivity contribution is 8.00. The summed E-state index contributed by atoms with van der Waals surface area (Å²) in [5.41, 5.74) is 0. The fraction of sp³-hybridized carbons (Fsp3) is 0.833. The quantitative estimate of drug-likeness (QED) is 0.604. The molecule has 0 saturated carbocycles. The fourth-order valence-electron chi connectivity index (χ4n) is 0.989. The Morgan fingerprint density at radius 3 is 2.67 bits per heavy atom. The molecule has 2 nitrogen and oxygen atoms in total. The molecule has 1 aliphatic rings. The molecule has 1 N–H and O–H groups in total. The number of carboxylic acid groups (broad SMARTS) is 1. The predicted molar refractivity (Wildman–Crippen MR) is 37.7 cm³/mol. The molecule has 52 valence electrons. The zero-order valence-corrected chi connectivity index (χ0v) is 6.15. The van der Waals surface area contributed by atoms with Gasteiger partial charge in [0.15, 0.2) is 0 Å². The predicted octanol–water partition coefficient (Wildman–Crippen LogP) is 1.21. The Morgan fingerprint density at radius 1 is 1.78 bits per heavy atom. The Morgan fingerprint density at radius 2 is 2.44 bits per heavy atom. The molecule has 0 amide bonds. The molecule has 9 heavy (non-hydrogen) atoms. The summed E-state index contributed by atoms with van der Waals surface area (Å²) >= 11 is 1.75. The molecule has 1 aliphatic heterocycles.